The Balaban J connectivity index is 2.92. The number of benzene rings is 1. The third-order valence-electron chi connectivity index (χ3n) is 2.36. The van der Waals surface area contributed by atoms with Crippen molar-refractivity contribution in [1.29, 1.82) is 0 Å². The summed E-state index contributed by atoms with van der Waals surface area (Å²) in [6.45, 7) is -3.14. The summed E-state index contributed by atoms with van der Waals surface area (Å²) in [6, 6.07) is 3.50. The van der Waals surface area contributed by atoms with Crippen molar-refractivity contribution in [2.45, 2.75) is 19.1 Å². The van der Waals surface area contributed by atoms with Gasteiger partial charge in [-0.05, 0) is 12.1 Å². The van der Waals surface area contributed by atoms with E-state index >= 15 is 0 Å². The van der Waals surface area contributed by atoms with E-state index in [9.17, 15) is 23.2 Å². The Morgan fingerprint density at radius 3 is 2.43 bits per heavy atom. The fourth-order valence-corrected chi connectivity index (χ4v) is 1.49. The van der Waals surface area contributed by atoms with Gasteiger partial charge in [0, 0.05) is 0 Å². The molecule has 9 heteroatoms. The number of nitrogens with one attached hydrogen (secondary N) is 1. The molecule has 0 heterocycles. The number of aliphatic carboxylic acids is 1. The molecular weight excluding hydrogens is 290 g/mol. The molecule has 0 aliphatic rings. The van der Waals surface area contributed by atoms with Gasteiger partial charge in [-0.1, -0.05) is 12.1 Å². The molecule has 4 N–H and O–H groups in total. The summed E-state index contributed by atoms with van der Waals surface area (Å²) in [7, 11) is 0. The molecule has 0 fully saturated rings. The molecule has 1 rings (SSSR count). The fourth-order valence-electron chi connectivity index (χ4n) is 1.49. The summed E-state index contributed by atoms with van der Waals surface area (Å²) in [5.74, 6) is -3.79. The number of carboxylic acid groups (broad SMARTS) is 1. The topological polar surface area (TPSA) is 119 Å². The standard InChI is InChI=1S/C12H12F2N2O5/c13-12(14)21-8-4-2-1-3-6(8)10(18)16-7(11(19)20)5-9(15)17/h1-4,7,12H,5H2,(H2,15,17)(H,16,18)(H,19,20)/t7-/m1/s1. The predicted octanol–water partition coefficient (Wildman–Crippen LogP) is 0.346. The smallest absolute Gasteiger partial charge is 0.387 e. The number of carbonyl (C=O) groups is 3. The van der Waals surface area contributed by atoms with E-state index in [2.05, 4.69) is 4.74 Å². The van der Waals surface area contributed by atoms with Crippen molar-refractivity contribution in [2.75, 3.05) is 0 Å². The predicted molar refractivity (Wildman–Crippen MR) is 65.8 cm³/mol. The lowest BCUT2D eigenvalue weighted by Gasteiger charge is -2.15. The molecule has 0 unspecified atom stereocenters. The number of carboxylic acids is 1. The van der Waals surface area contributed by atoms with Crippen LogP contribution in [0.15, 0.2) is 24.3 Å². The highest BCUT2D eigenvalue weighted by atomic mass is 19.3. The normalized spacial score (nSPS) is 11.8. The van der Waals surface area contributed by atoms with Crippen LogP contribution in [0, 0.1) is 0 Å². The first-order valence-corrected chi connectivity index (χ1v) is 5.67. The quantitative estimate of drug-likeness (QED) is 0.671. The lowest BCUT2D eigenvalue weighted by molar-refractivity contribution is -0.140. The number of primary amides is 1. The minimum atomic E-state index is -3.14. The van der Waals surface area contributed by atoms with Crippen molar-refractivity contribution in [3.63, 3.8) is 0 Å². The van der Waals surface area contributed by atoms with Gasteiger partial charge in [-0.3, -0.25) is 9.59 Å². The number of halogens is 2. The van der Waals surface area contributed by atoms with Gasteiger partial charge in [0.2, 0.25) is 5.91 Å². The maximum Gasteiger partial charge on any atom is 0.387 e. The van der Waals surface area contributed by atoms with E-state index in [1.807, 2.05) is 5.32 Å². The molecule has 7 nitrogen and oxygen atoms in total. The minimum absolute atomic E-state index is 0.284. The molecule has 2 amide bonds. The van der Waals surface area contributed by atoms with E-state index in [0.29, 0.717) is 0 Å². The third-order valence-corrected chi connectivity index (χ3v) is 2.36. The second-order valence-corrected chi connectivity index (χ2v) is 3.91. The zero-order chi connectivity index (χ0) is 16.0. The first-order valence-electron chi connectivity index (χ1n) is 5.67. The summed E-state index contributed by atoms with van der Waals surface area (Å²) in [5.41, 5.74) is 4.58. The average Bonchev–Trinajstić information content (AvgIpc) is 2.37. The van der Waals surface area contributed by atoms with Crippen molar-refractivity contribution >= 4 is 17.8 Å². The van der Waals surface area contributed by atoms with Crippen molar-refractivity contribution < 1.29 is 33.0 Å². The van der Waals surface area contributed by atoms with Gasteiger partial charge >= 0.3 is 12.6 Å². The summed E-state index contributed by atoms with van der Waals surface area (Å²) in [6.07, 6.45) is -0.626. The molecule has 0 aliphatic heterocycles. The molecule has 21 heavy (non-hydrogen) atoms. The summed E-state index contributed by atoms with van der Waals surface area (Å²) < 4.78 is 28.6. The number of ether oxygens (including phenoxy) is 1. The van der Waals surface area contributed by atoms with Crippen molar-refractivity contribution in [3.8, 4) is 5.75 Å². The van der Waals surface area contributed by atoms with Gasteiger partial charge in [0.1, 0.15) is 11.8 Å². The van der Waals surface area contributed by atoms with Crippen LogP contribution in [-0.2, 0) is 9.59 Å². The lowest BCUT2D eigenvalue weighted by Crippen LogP contribution is -2.43. The van der Waals surface area contributed by atoms with Crippen molar-refractivity contribution in [2.24, 2.45) is 5.73 Å². The third kappa shape index (κ3) is 5.05. The van der Waals surface area contributed by atoms with Gasteiger partial charge in [0.15, 0.2) is 0 Å². The Bertz CT molecular complexity index is 550. The largest absolute Gasteiger partial charge is 0.480 e. The number of rotatable bonds is 7. The van der Waals surface area contributed by atoms with Crippen molar-refractivity contribution in [1.82, 2.24) is 5.32 Å². The highest BCUT2D eigenvalue weighted by molar-refractivity contribution is 5.99. The molecule has 0 aliphatic carbocycles. The van der Waals surface area contributed by atoms with E-state index in [-0.39, 0.29) is 5.56 Å². The number of hydrogen-bond acceptors (Lipinski definition) is 4. The summed E-state index contributed by atoms with van der Waals surface area (Å²) in [5, 5.41) is 10.9. The maximum absolute atomic E-state index is 12.2. The van der Waals surface area contributed by atoms with Crippen LogP contribution in [-0.4, -0.2) is 35.5 Å². The Labute approximate surface area is 117 Å². The number of alkyl halides is 2. The van der Waals surface area contributed by atoms with Crippen LogP contribution in [0.3, 0.4) is 0 Å². The maximum atomic E-state index is 12.2. The van der Waals surface area contributed by atoms with E-state index in [1.54, 1.807) is 0 Å². The van der Waals surface area contributed by atoms with Gasteiger partial charge in [-0.2, -0.15) is 8.78 Å². The van der Waals surface area contributed by atoms with Gasteiger partial charge in [-0.15, -0.1) is 0 Å². The number of amides is 2. The molecule has 0 saturated carbocycles. The van der Waals surface area contributed by atoms with E-state index < -0.39 is 42.6 Å². The summed E-state index contributed by atoms with van der Waals surface area (Å²) >= 11 is 0. The van der Waals surface area contributed by atoms with Crippen LogP contribution in [0.2, 0.25) is 0 Å². The van der Waals surface area contributed by atoms with E-state index in [4.69, 9.17) is 10.8 Å². The van der Waals surface area contributed by atoms with Gasteiger partial charge in [0.05, 0.1) is 12.0 Å². The molecule has 1 atom stereocenters. The summed E-state index contributed by atoms with van der Waals surface area (Å²) in [4.78, 5) is 33.5. The fraction of sp³-hybridized carbons (Fsp3) is 0.250. The van der Waals surface area contributed by atoms with Crippen LogP contribution in [0.5, 0.6) is 5.75 Å². The molecule has 0 spiro atoms. The monoisotopic (exact) mass is 302 g/mol. The molecular formula is C12H12F2N2O5. The van der Waals surface area contributed by atoms with Crippen LogP contribution in [0.25, 0.3) is 0 Å². The van der Waals surface area contributed by atoms with Gasteiger partial charge < -0.3 is 20.9 Å². The number of para-hydroxylation sites is 1. The second-order valence-electron chi connectivity index (χ2n) is 3.91. The van der Waals surface area contributed by atoms with Crippen molar-refractivity contribution in [3.05, 3.63) is 29.8 Å². The highest BCUT2D eigenvalue weighted by Crippen LogP contribution is 2.20. The van der Waals surface area contributed by atoms with E-state index in [1.165, 1.54) is 18.2 Å². The number of hydrogen-bond donors (Lipinski definition) is 3. The zero-order valence-electron chi connectivity index (χ0n) is 10.6. The molecule has 1 aromatic rings. The molecule has 1 aromatic carbocycles. The SMILES string of the molecule is NC(=O)C[C@@H](NC(=O)c1ccccc1OC(F)F)C(=O)O. The molecule has 114 valence electrons. The molecule has 0 radical (unpaired) electrons. The number of carbonyl (C=O) groups excluding carboxylic acids is 2. The first-order chi connectivity index (χ1) is 9.81. The van der Waals surface area contributed by atoms with Crippen LogP contribution >= 0.6 is 0 Å². The highest BCUT2D eigenvalue weighted by Gasteiger charge is 2.24. The minimum Gasteiger partial charge on any atom is -0.480 e. The molecule has 0 bridgehead atoms. The first kappa shape index (κ1) is 16.3. The Kier molecular flexibility index (Phi) is 5.58. The number of nitrogens with two attached hydrogens (primary N) is 1. The Hall–Kier alpha value is -2.71. The lowest BCUT2D eigenvalue weighted by atomic mass is 10.1. The second kappa shape index (κ2) is 7.17. The molecule has 0 aromatic heterocycles. The Morgan fingerprint density at radius 1 is 1.29 bits per heavy atom. The van der Waals surface area contributed by atoms with E-state index in [0.717, 1.165) is 6.07 Å². The average molecular weight is 302 g/mol. The molecule has 0 saturated heterocycles. The van der Waals surface area contributed by atoms with Crippen LogP contribution < -0.4 is 15.8 Å². The van der Waals surface area contributed by atoms with Gasteiger partial charge in [-0.25, -0.2) is 4.79 Å². The van der Waals surface area contributed by atoms with Crippen LogP contribution in [0.4, 0.5) is 8.78 Å². The van der Waals surface area contributed by atoms with Crippen LogP contribution in [0.1, 0.15) is 16.8 Å². The van der Waals surface area contributed by atoms with Gasteiger partial charge in [0.25, 0.3) is 5.91 Å². The zero-order valence-corrected chi connectivity index (χ0v) is 10.6. The Morgan fingerprint density at radius 2 is 1.90 bits per heavy atom.